The van der Waals surface area contributed by atoms with Gasteiger partial charge in [-0.05, 0) is 32.0 Å². The maximum Gasteiger partial charge on any atom is 0.416 e. The Bertz CT molecular complexity index is 1180. The lowest BCUT2D eigenvalue weighted by Crippen LogP contribution is -2.33. The number of aromatic amines is 1. The van der Waals surface area contributed by atoms with E-state index in [2.05, 4.69) is 15.4 Å². The average Bonchev–Trinajstić information content (AvgIpc) is 2.97. The molecule has 0 radical (unpaired) electrons. The van der Waals surface area contributed by atoms with Crippen LogP contribution in [0.2, 0.25) is 5.15 Å². The summed E-state index contributed by atoms with van der Waals surface area (Å²) in [5.74, 6) is 0. The van der Waals surface area contributed by atoms with Gasteiger partial charge in [-0.1, -0.05) is 17.7 Å². The van der Waals surface area contributed by atoms with Crippen molar-refractivity contribution < 1.29 is 13.2 Å². The van der Waals surface area contributed by atoms with Gasteiger partial charge in [0.05, 0.1) is 16.9 Å². The minimum atomic E-state index is -4.48. The summed E-state index contributed by atoms with van der Waals surface area (Å²) in [6, 6.07) is 4.73. The van der Waals surface area contributed by atoms with E-state index in [0.29, 0.717) is 23.4 Å². The normalized spacial score (nSPS) is 11.8. The Balaban J connectivity index is 1.81. The van der Waals surface area contributed by atoms with E-state index in [1.54, 1.807) is 13.8 Å². The monoisotopic (exact) mass is 441 g/mol. The zero-order chi connectivity index (χ0) is 22.1. The summed E-state index contributed by atoms with van der Waals surface area (Å²) in [7, 11) is 0. The lowest BCUT2D eigenvalue weighted by atomic mass is 10.2. The van der Waals surface area contributed by atoms with Crippen molar-refractivity contribution in [3.8, 4) is 5.69 Å². The number of H-pyrrole nitrogens is 1. The second-order valence-electron chi connectivity index (χ2n) is 6.62. The zero-order valence-corrected chi connectivity index (χ0v) is 16.9. The van der Waals surface area contributed by atoms with Crippen LogP contribution in [0.25, 0.3) is 5.69 Å². The second kappa shape index (κ2) is 8.49. The van der Waals surface area contributed by atoms with Crippen LogP contribution < -0.4 is 16.6 Å². The van der Waals surface area contributed by atoms with Gasteiger partial charge in [0.2, 0.25) is 0 Å². The van der Waals surface area contributed by atoms with Crippen LogP contribution in [0.15, 0.2) is 40.1 Å². The van der Waals surface area contributed by atoms with E-state index in [0.717, 1.165) is 12.1 Å². The van der Waals surface area contributed by atoms with Crippen molar-refractivity contribution in [2.24, 2.45) is 0 Å². The Kier molecular flexibility index (Phi) is 6.18. The molecule has 2 heterocycles. The van der Waals surface area contributed by atoms with Crippen LogP contribution in [0.1, 0.15) is 29.3 Å². The molecule has 0 fully saturated rings. The minimum absolute atomic E-state index is 0.167. The van der Waals surface area contributed by atoms with Crippen molar-refractivity contribution in [2.45, 2.75) is 39.7 Å². The molecule has 7 nitrogen and oxygen atoms in total. The van der Waals surface area contributed by atoms with Crippen molar-refractivity contribution in [1.29, 1.82) is 0 Å². The van der Waals surface area contributed by atoms with Crippen LogP contribution in [-0.2, 0) is 25.8 Å². The maximum absolute atomic E-state index is 13.0. The Morgan fingerprint density at radius 2 is 1.97 bits per heavy atom. The van der Waals surface area contributed by atoms with E-state index in [1.807, 2.05) is 0 Å². The molecule has 160 valence electrons. The predicted octanol–water partition coefficient (Wildman–Crippen LogP) is 3.01. The molecular formula is C19H19ClF3N5O2. The van der Waals surface area contributed by atoms with Crippen LogP contribution in [0, 0.1) is 6.92 Å². The third-order valence-corrected chi connectivity index (χ3v) is 4.97. The number of aryl methyl sites for hydroxylation is 2. The van der Waals surface area contributed by atoms with E-state index < -0.39 is 23.0 Å². The molecule has 3 aromatic rings. The van der Waals surface area contributed by atoms with Crippen molar-refractivity contribution in [2.75, 3.05) is 0 Å². The van der Waals surface area contributed by atoms with Crippen LogP contribution in [0.5, 0.6) is 0 Å². The molecule has 0 aliphatic rings. The molecule has 0 saturated carbocycles. The first-order valence-corrected chi connectivity index (χ1v) is 9.44. The van der Waals surface area contributed by atoms with Gasteiger partial charge >= 0.3 is 11.9 Å². The largest absolute Gasteiger partial charge is 0.416 e. The molecule has 0 saturated heterocycles. The Morgan fingerprint density at radius 3 is 2.63 bits per heavy atom. The fourth-order valence-corrected chi connectivity index (χ4v) is 3.29. The van der Waals surface area contributed by atoms with Crippen LogP contribution >= 0.6 is 11.6 Å². The highest BCUT2D eigenvalue weighted by atomic mass is 35.5. The van der Waals surface area contributed by atoms with Gasteiger partial charge in [0, 0.05) is 37.0 Å². The highest BCUT2D eigenvalue weighted by Gasteiger charge is 2.30. The topological polar surface area (TPSA) is 84.7 Å². The van der Waals surface area contributed by atoms with Gasteiger partial charge in [-0.25, -0.2) is 9.48 Å². The highest BCUT2D eigenvalue weighted by Crippen LogP contribution is 2.31. The summed E-state index contributed by atoms with van der Waals surface area (Å²) < 4.78 is 41.6. The number of nitrogens with zero attached hydrogens (tertiary/aromatic N) is 3. The van der Waals surface area contributed by atoms with Gasteiger partial charge in [-0.3, -0.25) is 9.78 Å². The van der Waals surface area contributed by atoms with E-state index in [4.69, 9.17) is 11.6 Å². The van der Waals surface area contributed by atoms with Crippen molar-refractivity contribution in [1.82, 2.24) is 24.6 Å². The smallest absolute Gasteiger partial charge is 0.308 e. The van der Waals surface area contributed by atoms with E-state index >= 15 is 0 Å². The molecule has 11 heteroatoms. The Hall–Kier alpha value is -2.85. The number of hydrogen-bond donors (Lipinski definition) is 2. The minimum Gasteiger partial charge on any atom is -0.308 e. The highest BCUT2D eigenvalue weighted by molar-refractivity contribution is 6.30. The summed E-state index contributed by atoms with van der Waals surface area (Å²) in [5, 5.41) is 7.48. The fraction of sp³-hybridized carbons (Fsp3) is 0.316. The van der Waals surface area contributed by atoms with Crippen molar-refractivity contribution in [3.05, 3.63) is 78.8 Å². The second-order valence-corrected chi connectivity index (χ2v) is 6.98. The summed E-state index contributed by atoms with van der Waals surface area (Å²) >= 11 is 6.38. The SMILES string of the molecule is CCn1cc(CNCc2c(C)nn(-c3cccc(C(F)(F)F)c3)c2Cl)c(=O)[nH]c1=O. The molecule has 0 aliphatic heterocycles. The molecule has 0 atom stereocenters. The molecule has 3 rings (SSSR count). The average molecular weight is 442 g/mol. The first-order chi connectivity index (χ1) is 14.1. The molecular weight excluding hydrogens is 423 g/mol. The van der Waals surface area contributed by atoms with E-state index in [1.165, 1.54) is 27.6 Å². The summed E-state index contributed by atoms with van der Waals surface area (Å²) in [6.45, 7) is 4.28. The lowest BCUT2D eigenvalue weighted by molar-refractivity contribution is -0.137. The van der Waals surface area contributed by atoms with Gasteiger partial charge in [0.15, 0.2) is 0 Å². The number of benzene rings is 1. The van der Waals surface area contributed by atoms with E-state index in [-0.39, 0.29) is 23.9 Å². The van der Waals surface area contributed by atoms with Gasteiger partial charge < -0.3 is 9.88 Å². The standard InChI is InChI=1S/C19H19ClF3N5O2/c1-3-27-10-12(17(29)25-18(27)30)8-24-9-15-11(2)26-28(16(15)20)14-6-4-5-13(7-14)19(21,22)23/h4-7,10,24H,3,8-9H2,1-2H3,(H,25,29,30). The first kappa shape index (κ1) is 21.8. The molecule has 30 heavy (non-hydrogen) atoms. The molecule has 1 aromatic carbocycles. The van der Waals surface area contributed by atoms with Gasteiger partial charge in [0.1, 0.15) is 5.15 Å². The van der Waals surface area contributed by atoms with E-state index in [9.17, 15) is 22.8 Å². The third kappa shape index (κ3) is 4.49. The molecule has 0 amide bonds. The molecule has 2 aromatic heterocycles. The van der Waals surface area contributed by atoms with Crippen LogP contribution in [0.4, 0.5) is 13.2 Å². The summed E-state index contributed by atoms with van der Waals surface area (Å²) in [6.07, 6.45) is -2.99. The fourth-order valence-electron chi connectivity index (χ4n) is 2.95. The van der Waals surface area contributed by atoms with Gasteiger partial charge in [-0.15, -0.1) is 0 Å². The zero-order valence-electron chi connectivity index (χ0n) is 16.2. The Morgan fingerprint density at radius 1 is 1.23 bits per heavy atom. The molecule has 0 spiro atoms. The number of alkyl halides is 3. The summed E-state index contributed by atoms with van der Waals surface area (Å²) in [4.78, 5) is 25.8. The summed E-state index contributed by atoms with van der Waals surface area (Å²) in [5.41, 5.74) is -0.0702. The van der Waals surface area contributed by atoms with Crippen molar-refractivity contribution in [3.63, 3.8) is 0 Å². The predicted molar refractivity (Wildman–Crippen MR) is 106 cm³/mol. The number of hydrogen-bond acceptors (Lipinski definition) is 4. The van der Waals surface area contributed by atoms with Gasteiger partial charge in [0.25, 0.3) is 5.56 Å². The first-order valence-electron chi connectivity index (χ1n) is 9.06. The van der Waals surface area contributed by atoms with Gasteiger partial charge in [-0.2, -0.15) is 18.3 Å². The number of aromatic nitrogens is 4. The number of nitrogens with one attached hydrogen (secondary N) is 2. The molecule has 0 aliphatic carbocycles. The molecule has 0 bridgehead atoms. The molecule has 2 N–H and O–H groups in total. The van der Waals surface area contributed by atoms with Crippen LogP contribution in [0.3, 0.4) is 0 Å². The number of rotatable bonds is 6. The lowest BCUT2D eigenvalue weighted by Gasteiger charge is -2.10. The molecule has 0 unspecified atom stereocenters. The quantitative estimate of drug-likeness (QED) is 0.616. The Labute approximate surface area is 174 Å². The maximum atomic E-state index is 13.0. The third-order valence-electron chi connectivity index (χ3n) is 4.58. The van der Waals surface area contributed by atoms with Crippen LogP contribution in [-0.4, -0.2) is 19.3 Å². The van der Waals surface area contributed by atoms with Crippen molar-refractivity contribution >= 4 is 11.6 Å². The number of halogens is 4.